The molecule has 0 radical (unpaired) electrons. The highest BCUT2D eigenvalue weighted by Gasteiger charge is 2.45. The Labute approximate surface area is 137 Å². The molecule has 0 amide bonds. The van der Waals surface area contributed by atoms with E-state index in [4.69, 9.17) is 27.9 Å². The third-order valence-corrected chi connectivity index (χ3v) is 4.05. The molecule has 110 valence electrons. The number of carbonyl (C=O) groups is 1. The molecular weight excluding hydrogens is 369 g/mol. The largest absolute Gasteiger partial charge is 0.465 e. The summed E-state index contributed by atoms with van der Waals surface area (Å²) in [5.41, 5.74) is 5.12. The van der Waals surface area contributed by atoms with Crippen molar-refractivity contribution >= 4 is 51.8 Å². The van der Waals surface area contributed by atoms with Crippen LogP contribution >= 0.6 is 40.2 Å². The van der Waals surface area contributed by atoms with Crippen molar-refractivity contribution in [2.45, 2.75) is 19.8 Å². The van der Waals surface area contributed by atoms with Gasteiger partial charge in [-0.2, -0.15) is 5.43 Å². The number of carbonyl (C=O) groups excluding carboxylic acids is 1. The summed E-state index contributed by atoms with van der Waals surface area (Å²) in [4.78, 5) is 13.5. The average molecular weight is 383 g/mol. The molecule has 1 aromatic carbocycles. The molecule has 1 aromatic rings. The van der Waals surface area contributed by atoms with Crippen molar-refractivity contribution in [1.29, 1.82) is 0 Å². The number of hydrogen-bond acceptors (Lipinski definition) is 5. The van der Waals surface area contributed by atoms with Gasteiger partial charge in [0, 0.05) is 12.1 Å². The van der Waals surface area contributed by atoms with E-state index in [0.717, 1.165) is 11.3 Å². The van der Waals surface area contributed by atoms with Gasteiger partial charge in [0.2, 0.25) is 0 Å². The number of hydrazine groups is 1. The first-order chi connectivity index (χ1) is 9.11. The van der Waals surface area contributed by atoms with Gasteiger partial charge >= 0.3 is 5.97 Å². The highest BCUT2D eigenvalue weighted by Crippen LogP contribution is 2.41. The van der Waals surface area contributed by atoms with Gasteiger partial charge in [-0.15, -0.1) is 17.0 Å². The van der Waals surface area contributed by atoms with E-state index in [0.29, 0.717) is 23.2 Å². The maximum Gasteiger partial charge on any atom is 0.320 e. The molecular formula is C12H14BrCl2N3O2. The summed E-state index contributed by atoms with van der Waals surface area (Å²) < 4.78 is 4.97. The van der Waals surface area contributed by atoms with E-state index < -0.39 is 0 Å². The SMILES string of the molecule is Br.CCOC(=O)CN1Cc2c(ccc(Cl)c2Cl)N2NC12. The fourth-order valence-corrected chi connectivity index (χ4v) is 2.70. The van der Waals surface area contributed by atoms with Crippen molar-refractivity contribution in [3.05, 3.63) is 27.7 Å². The number of rotatable bonds is 3. The van der Waals surface area contributed by atoms with Crippen LogP contribution in [0.3, 0.4) is 0 Å². The number of ether oxygens (including phenoxy) is 1. The smallest absolute Gasteiger partial charge is 0.320 e. The molecule has 0 saturated carbocycles. The predicted molar refractivity (Wildman–Crippen MR) is 83.2 cm³/mol. The lowest BCUT2D eigenvalue weighted by molar-refractivity contribution is -0.144. The quantitative estimate of drug-likeness (QED) is 0.643. The highest BCUT2D eigenvalue weighted by molar-refractivity contribution is 8.93. The molecule has 2 heterocycles. The normalized spacial score (nSPS) is 19.8. The van der Waals surface area contributed by atoms with E-state index in [2.05, 4.69) is 5.43 Å². The molecule has 1 saturated heterocycles. The summed E-state index contributed by atoms with van der Waals surface area (Å²) in [5.74, 6) is -0.238. The molecule has 1 fully saturated rings. The van der Waals surface area contributed by atoms with Crippen LogP contribution in [0.4, 0.5) is 5.69 Å². The molecule has 0 spiro atoms. The molecule has 1 N–H and O–H groups in total. The monoisotopic (exact) mass is 381 g/mol. The van der Waals surface area contributed by atoms with E-state index in [1.165, 1.54) is 0 Å². The first kappa shape index (κ1) is 15.9. The molecule has 5 nitrogen and oxygen atoms in total. The van der Waals surface area contributed by atoms with E-state index in [-0.39, 0.29) is 35.8 Å². The lowest BCUT2D eigenvalue weighted by Gasteiger charge is -2.27. The molecule has 1 atom stereocenters. The van der Waals surface area contributed by atoms with Crippen molar-refractivity contribution in [2.24, 2.45) is 0 Å². The van der Waals surface area contributed by atoms with Gasteiger partial charge in [-0.3, -0.25) is 14.7 Å². The van der Waals surface area contributed by atoms with Crippen molar-refractivity contribution in [3.63, 3.8) is 0 Å². The first-order valence-electron chi connectivity index (χ1n) is 6.03. The van der Waals surface area contributed by atoms with Gasteiger partial charge in [-0.1, -0.05) is 23.2 Å². The number of nitrogens with one attached hydrogen (secondary N) is 1. The number of fused-ring (bicyclic) bond motifs is 3. The topological polar surface area (TPSA) is 54.5 Å². The minimum absolute atomic E-state index is 0. The first-order valence-corrected chi connectivity index (χ1v) is 6.79. The Hall–Kier alpha value is -0.530. The molecule has 0 bridgehead atoms. The lowest BCUT2D eigenvalue weighted by atomic mass is 10.1. The summed E-state index contributed by atoms with van der Waals surface area (Å²) in [7, 11) is 0. The Morgan fingerprint density at radius 1 is 1.50 bits per heavy atom. The zero-order chi connectivity index (χ0) is 13.6. The second-order valence-electron chi connectivity index (χ2n) is 4.44. The number of halogens is 3. The molecule has 0 aliphatic carbocycles. The summed E-state index contributed by atoms with van der Waals surface area (Å²) >= 11 is 12.3. The molecule has 0 aromatic heterocycles. The van der Waals surface area contributed by atoms with Crippen molar-refractivity contribution < 1.29 is 9.53 Å². The van der Waals surface area contributed by atoms with Crippen LogP contribution in [-0.4, -0.2) is 30.3 Å². The minimum Gasteiger partial charge on any atom is -0.465 e. The van der Waals surface area contributed by atoms with Gasteiger partial charge in [0.15, 0.2) is 6.29 Å². The Morgan fingerprint density at radius 2 is 2.25 bits per heavy atom. The Kier molecular flexibility index (Phi) is 4.81. The average Bonchev–Trinajstić information content (AvgIpc) is 3.15. The maximum atomic E-state index is 11.6. The third kappa shape index (κ3) is 2.76. The van der Waals surface area contributed by atoms with Crippen LogP contribution in [0.1, 0.15) is 12.5 Å². The van der Waals surface area contributed by atoms with Crippen LogP contribution in [0.5, 0.6) is 0 Å². The van der Waals surface area contributed by atoms with Crippen LogP contribution in [0.25, 0.3) is 0 Å². The van der Waals surface area contributed by atoms with E-state index >= 15 is 0 Å². The van der Waals surface area contributed by atoms with Gasteiger partial charge < -0.3 is 4.74 Å². The predicted octanol–water partition coefficient (Wildman–Crippen LogP) is 2.56. The lowest BCUT2D eigenvalue weighted by Crippen LogP contribution is -2.38. The maximum absolute atomic E-state index is 11.6. The summed E-state index contributed by atoms with van der Waals surface area (Å²) in [6.45, 7) is 2.98. The van der Waals surface area contributed by atoms with Gasteiger partial charge in [-0.05, 0) is 19.1 Å². The van der Waals surface area contributed by atoms with Crippen LogP contribution in [0, 0.1) is 0 Å². The summed E-state index contributed by atoms with van der Waals surface area (Å²) in [5, 5.41) is 3.03. The standard InChI is InChI=1S/C12H13Cl2N3O2.BrH/c1-2-19-10(18)6-16-5-7-9(17-12(16)15-17)4-3-8(13)11(7)14;/h3-4,12,15H,2,5-6H2,1H3;1H. The molecule has 8 heteroatoms. The van der Waals surface area contributed by atoms with Gasteiger partial charge in [-0.25, -0.2) is 0 Å². The van der Waals surface area contributed by atoms with Gasteiger partial charge in [0.25, 0.3) is 0 Å². The fraction of sp³-hybridized carbons (Fsp3) is 0.417. The van der Waals surface area contributed by atoms with Crippen LogP contribution in [-0.2, 0) is 16.1 Å². The second-order valence-corrected chi connectivity index (χ2v) is 5.23. The van der Waals surface area contributed by atoms with Gasteiger partial charge in [0.05, 0.1) is 28.9 Å². The van der Waals surface area contributed by atoms with Crippen LogP contribution in [0.2, 0.25) is 10.0 Å². The molecule has 3 rings (SSSR count). The molecule has 2 aliphatic rings. The van der Waals surface area contributed by atoms with Crippen molar-refractivity contribution in [3.8, 4) is 0 Å². The zero-order valence-electron chi connectivity index (χ0n) is 10.7. The minimum atomic E-state index is -0.238. The third-order valence-electron chi connectivity index (χ3n) is 3.21. The van der Waals surface area contributed by atoms with Gasteiger partial charge in [0.1, 0.15) is 0 Å². The number of esters is 1. The fourth-order valence-electron chi connectivity index (χ4n) is 2.30. The Balaban J connectivity index is 0.00000147. The number of benzene rings is 1. The Bertz CT molecular complexity index is 544. The Morgan fingerprint density at radius 3 is 2.95 bits per heavy atom. The van der Waals surface area contributed by atoms with E-state index in [9.17, 15) is 4.79 Å². The van der Waals surface area contributed by atoms with Crippen LogP contribution in [0.15, 0.2) is 12.1 Å². The highest BCUT2D eigenvalue weighted by atomic mass is 79.9. The summed E-state index contributed by atoms with van der Waals surface area (Å²) in [6, 6.07) is 3.71. The number of nitrogens with zero attached hydrogens (tertiary/aromatic N) is 2. The molecule has 20 heavy (non-hydrogen) atoms. The molecule has 1 unspecified atom stereocenters. The second kappa shape index (κ2) is 6.07. The van der Waals surface area contributed by atoms with Crippen molar-refractivity contribution in [1.82, 2.24) is 10.3 Å². The van der Waals surface area contributed by atoms with E-state index in [1.807, 2.05) is 16.0 Å². The summed E-state index contributed by atoms with van der Waals surface area (Å²) in [6.07, 6.45) is 0.0362. The number of hydrogen-bond donors (Lipinski definition) is 1. The van der Waals surface area contributed by atoms with Crippen molar-refractivity contribution in [2.75, 3.05) is 18.2 Å². The number of anilines is 1. The zero-order valence-corrected chi connectivity index (χ0v) is 14.0. The molecule has 2 aliphatic heterocycles. The van der Waals surface area contributed by atoms with E-state index in [1.54, 1.807) is 13.0 Å². The van der Waals surface area contributed by atoms with Crippen LogP contribution < -0.4 is 10.4 Å².